The van der Waals surface area contributed by atoms with Crippen LogP contribution in [0.2, 0.25) is 5.02 Å². The van der Waals surface area contributed by atoms with Gasteiger partial charge in [0.2, 0.25) is 0 Å². The first-order valence-corrected chi connectivity index (χ1v) is 7.43. The summed E-state index contributed by atoms with van der Waals surface area (Å²) in [6.45, 7) is 4.36. The Hall–Kier alpha value is -2.31. The van der Waals surface area contributed by atoms with E-state index in [0.29, 0.717) is 17.1 Å². The van der Waals surface area contributed by atoms with Gasteiger partial charge in [-0.05, 0) is 49.2 Å². The lowest BCUT2D eigenvalue weighted by Gasteiger charge is -2.23. The molecule has 2 rings (SSSR count). The van der Waals surface area contributed by atoms with E-state index in [9.17, 15) is 4.79 Å². The molecule has 0 aliphatic carbocycles. The summed E-state index contributed by atoms with van der Waals surface area (Å²) >= 11 is 6.13. The number of nitriles is 1. The van der Waals surface area contributed by atoms with Crippen molar-refractivity contribution in [3.63, 3.8) is 0 Å². The maximum absolute atomic E-state index is 12.8. The number of hydrogen-bond acceptors (Lipinski definition) is 2. The summed E-state index contributed by atoms with van der Waals surface area (Å²) in [5.41, 5.74) is 3.49. The molecule has 112 valence electrons. The van der Waals surface area contributed by atoms with E-state index in [2.05, 4.69) is 6.07 Å². The molecule has 0 heterocycles. The van der Waals surface area contributed by atoms with Crippen molar-refractivity contribution in [2.75, 3.05) is 11.4 Å². The van der Waals surface area contributed by atoms with E-state index < -0.39 is 0 Å². The van der Waals surface area contributed by atoms with E-state index in [-0.39, 0.29) is 12.3 Å². The third-order valence-electron chi connectivity index (χ3n) is 3.60. The summed E-state index contributed by atoms with van der Waals surface area (Å²) in [4.78, 5) is 14.4. The van der Waals surface area contributed by atoms with Gasteiger partial charge >= 0.3 is 0 Å². The van der Waals surface area contributed by atoms with Crippen LogP contribution in [0, 0.1) is 25.2 Å². The normalized spacial score (nSPS) is 10.1. The van der Waals surface area contributed by atoms with E-state index in [1.165, 1.54) is 0 Å². The molecule has 2 aromatic rings. The van der Waals surface area contributed by atoms with Gasteiger partial charge in [0.15, 0.2) is 0 Å². The van der Waals surface area contributed by atoms with Crippen molar-refractivity contribution >= 4 is 23.2 Å². The molecule has 0 aliphatic heterocycles. The lowest BCUT2D eigenvalue weighted by Crippen LogP contribution is -2.32. The second kappa shape index (κ2) is 7.11. The number of halogens is 1. The summed E-state index contributed by atoms with van der Waals surface area (Å²) in [6.07, 6.45) is 0.267. The Labute approximate surface area is 135 Å². The van der Waals surface area contributed by atoms with Crippen molar-refractivity contribution in [1.82, 2.24) is 0 Å². The highest BCUT2D eigenvalue weighted by Gasteiger charge is 2.19. The first-order chi connectivity index (χ1) is 10.5. The van der Waals surface area contributed by atoms with Gasteiger partial charge in [0.05, 0.1) is 23.1 Å². The zero-order chi connectivity index (χ0) is 16.1. The maximum atomic E-state index is 12.8. The second-order valence-corrected chi connectivity index (χ2v) is 5.52. The third kappa shape index (κ3) is 3.47. The molecule has 3 nitrogen and oxygen atoms in total. The fourth-order valence-corrected chi connectivity index (χ4v) is 2.40. The number of carbonyl (C=O) groups excluding carboxylic acids is 1. The van der Waals surface area contributed by atoms with Crippen LogP contribution in [0.15, 0.2) is 42.5 Å². The molecule has 2 aromatic carbocycles. The molecule has 22 heavy (non-hydrogen) atoms. The first kappa shape index (κ1) is 16.1. The van der Waals surface area contributed by atoms with Crippen LogP contribution in [0.1, 0.15) is 27.9 Å². The van der Waals surface area contributed by atoms with Crippen molar-refractivity contribution in [1.29, 1.82) is 5.26 Å². The summed E-state index contributed by atoms with van der Waals surface area (Å²) in [5.74, 6) is -0.191. The number of amides is 1. The number of aryl methyl sites for hydroxylation is 2. The van der Waals surface area contributed by atoms with Crippen LogP contribution >= 0.6 is 11.6 Å². The minimum atomic E-state index is -0.191. The Morgan fingerprint density at radius 2 is 1.91 bits per heavy atom. The Kier molecular flexibility index (Phi) is 5.19. The molecule has 0 radical (unpaired) electrons. The minimum absolute atomic E-state index is 0.191. The van der Waals surface area contributed by atoms with Crippen LogP contribution in [0.25, 0.3) is 0 Å². The predicted molar refractivity (Wildman–Crippen MR) is 89.3 cm³/mol. The Balaban J connectivity index is 2.41. The van der Waals surface area contributed by atoms with Crippen LogP contribution in [0.4, 0.5) is 5.69 Å². The van der Waals surface area contributed by atoms with Crippen LogP contribution in [0.3, 0.4) is 0 Å². The highest BCUT2D eigenvalue weighted by atomic mass is 35.5. The van der Waals surface area contributed by atoms with Crippen LogP contribution in [-0.2, 0) is 0 Å². The van der Waals surface area contributed by atoms with Crippen molar-refractivity contribution in [3.8, 4) is 6.07 Å². The molecule has 0 unspecified atom stereocenters. The SMILES string of the molecule is Cc1ccc(N(CCC#N)C(=O)c2ccccc2Cl)cc1C. The molecule has 0 atom stereocenters. The topological polar surface area (TPSA) is 44.1 Å². The van der Waals surface area contributed by atoms with Crippen LogP contribution in [-0.4, -0.2) is 12.5 Å². The van der Waals surface area contributed by atoms with Gasteiger partial charge in [0.1, 0.15) is 0 Å². The standard InChI is InChI=1S/C18H17ClN2O/c1-13-8-9-15(12-14(13)2)21(11-5-10-20)18(22)16-6-3-4-7-17(16)19/h3-4,6-9,12H,5,11H2,1-2H3. The lowest BCUT2D eigenvalue weighted by molar-refractivity contribution is 0.0987. The zero-order valence-corrected chi connectivity index (χ0v) is 13.4. The fourth-order valence-electron chi connectivity index (χ4n) is 2.18. The van der Waals surface area contributed by atoms with Gasteiger partial charge in [0, 0.05) is 12.2 Å². The van der Waals surface area contributed by atoms with E-state index in [4.69, 9.17) is 16.9 Å². The number of rotatable bonds is 4. The smallest absolute Gasteiger partial charge is 0.259 e. The Morgan fingerprint density at radius 3 is 2.55 bits per heavy atom. The summed E-state index contributed by atoms with van der Waals surface area (Å²) in [6, 6.07) is 14.9. The third-order valence-corrected chi connectivity index (χ3v) is 3.93. The molecule has 0 saturated carbocycles. The molecule has 0 fully saturated rings. The number of nitrogens with zero attached hydrogens (tertiary/aromatic N) is 2. The van der Waals surface area contributed by atoms with Gasteiger partial charge in [-0.1, -0.05) is 29.8 Å². The molecule has 0 aliphatic rings. The summed E-state index contributed by atoms with van der Waals surface area (Å²) in [5, 5.41) is 9.27. The largest absolute Gasteiger partial charge is 0.307 e. The van der Waals surface area contributed by atoms with Gasteiger partial charge in [-0.2, -0.15) is 5.26 Å². The molecule has 4 heteroatoms. The Morgan fingerprint density at radius 1 is 1.18 bits per heavy atom. The average Bonchev–Trinajstić information content (AvgIpc) is 2.51. The molecule has 1 amide bonds. The van der Waals surface area contributed by atoms with E-state index in [1.807, 2.05) is 32.0 Å². The molecular weight excluding hydrogens is 296 g/mol. The van der Waals surface area contributed by atoms with E-state index in [1.54, 1.807) is 29.2 Å². The van der Waals surface area contributed by atoms with Gasteiger partial charge in [-0.15, -0.1) is 0 Å². The van der Waals surface area contributed by atoms with Crippen molar-refractivity contribution in [2.45, 2.75) is 20.3 Å². The maximum Gasteiger partial charge on any atom is 0.259 e. The monoisotopic (exact) mass is 312 g/mol. The lowest BCUT2D eigenvalue weighted by atomic mass is 10.1. The quantitative estimate of drug-likeness (QED) is 0.833. The fraction of sp³-hybridized carbons (Fsp3) is 0.222. The van der Waals surface area contributed by atoms with E-state index >= 15 is 0 Å². The zero-order valence-electron chi connectivity index (χ0n) is 12.6. The Bertz CT molecular complexity index is 734. The van der Waals surface area contributed by atoms with Gasteiger partial charge in [0.25, 0.3) is 5.91 Å². The van der Waals surface area contributed by atoms with Crippen LogP contribution in [0.5, 0.6) is 0 Å². The first-order valence-electron chi connectivity index (χ1n) is 7.05. The summed E-state index contributed by atoms with van der Waals surface area (Å²) in [7, 11) is 0. The second-order valence-electron chi connectivity index (χ2n) is 5.11. The summed E-state index contributed by atoms with van der Waals surface area (Å²) < 4.78 is 0. The minimum Gasteiger partial charge on any atom is -0.307 e. The molecular formula is C18H17ClN2O. The van der Waals surface area contributed by atoms with Crippen molar-refractivity contribution in [3.05, 3.63) is 64.2 Å². The molecule has 0 aromatic heterocycles. The van der Waals surface area contributed by atoms with E-state index in [0.717, 1.165) is 16.8 Å². The molecule has 0 N–H and O–H groups in total. The average molecular weight is 313 g/mol. The number of anilines is 1. The number of hydrogen-bond donors (Lipinski definition) is 0. The molecule has 0 saturated heterocycles. The number of carbonyl (C=O) groups is 1. The van der Waals surface area contributed by atoms with Gasteiger partial charge in [-0.3, -0.25) is 4.79 Å². The highest BCUT2D eigenvalue weighted by molar-refractivity contribution is 6.34. The van der Waals surface area contributed by atoms with Crippen molar-refractivity contribution < 1.29 is 4.79 Å². The van der Waals surface area contributed by atoms with Gasteiger partial charge < -0.3 is 4.90 Å². The van der Waals surface area contributed by atoms with Crippen molar-refractivity contribution in [2.24, 2.45) is 0 Å². The highest BCUT2D eigenvalue weighted by Crippen LogP contribution is 2.24. The van der Waals surface area contributed by atoms with Gasteiger partial charge in [-0.25, -0.2) is 0 Å². The molecule has 0 spiro atoms. The van der Waals surface area contributed by atoms with Crippen LogP contribution < -0.4 is 4.90 Å². The molecule has 0 bridgehead atoms. The number of benzene rings is 2. The predicted octanol–water partition coefficient (Wildman–Crippen LogP) is 4.52.